The second kappa shape index (κ2) is 13.7. The minimum absolute atomic E-state index is 0.587. The van der Waals surface area contributed by atoms with E-state index in [1.807, 2.05) is 27.7 Å². The van der Waals surface area contributed by atoms with Crippen molar-refractivity contribution in [2.24, 2.45) is 0 Å². The third kappa shape index (κ3) is 9.31. The van der Waals surface area contributed by atoms with E-state index in [2.05, 4.69) is 36.5 Å². The highest BCUT2D eigenvalue weighted by molar-refractivity contribution is 7.09. The Labute approximate surface area is 112 Å². The van der Waals surface area contributed by atoms with Gasteiger partial charge in [-0.1, -0.05) is 41.5 Å². The monoisotopic (exact) mass is 258 g/mol. The molecule has 17 heavy (non-hydrogen) atoms. The lowest BCUT2D eigenvalue weighted by Crippen LogP contribution is -2.16. The summed E-state index contributed by atoms with van der Waals surface area (Å²) in [5, 5.41) is 6.68. The summed E-state index contributed by atoms with van der Waals surface area (Å²) in [5.41, 5.74) is 1.25. The van der Waals surface area contributed by atoms with Crippen molar-refractivity contribution in [1.29, 1.82) is 0 Å². The standard InChI is InChI=1S/C10H18N2S.2C2H6/c1-4-11-6-5-8(2)10-7-13-9(3)12-10;2*1-2/h7-8,11H,4-6H2,1-3H3;2*1-2H3. The van der Waals surface area contributed by atoms with Gasteiger partial charge in [0.15, 0.2) is 0 Å². The average molecular weight is 258 g/mol. The summed E-state index contributed by atoms with van der Waals surface area (Å²) in [6, 6.07) is 0. The summed E-state index contributed by atoms with van der Waals surface area (Å²) in [6.45, 7) is 16.6. The van der Waals surface area contributed by atoms with Gasteiger partial charge >= 0.3 is 0 Å². The zero-order chi connectivity index (χ0) is 13.7. The first kappa shape index (κ1) is 18.9. The molecule has 1 unspecified atom stereocenters. The number of aromatic nitrogens is 1. The molecule has 0 bridgehead atoms. The average Bonchev–Trinajstić information content (AvgIpc) is 2.81. The quantitative estimate of drug-likeness (QED) is 0.780. The summed E-state index contributed by atoms with van der Waals surface area (Å²) in [6.07, 6.45) is 1.18. The maximum atomic E-state index is 4.48. The van der Waals surface area contributed by atoms with Gasteiger partial charge in [-0.2, -0.15) is 0 Å². The van der Waals surface area contributed by atoms with Crippen molar-refractivity contribution in [3.63, 3.8) is 0 Å². The lowest BCUT2D eigenvalue weighted by atomic mass is 10.1. The summed E-state index contributed by atoms with van der Waals surface area (Å²) in [4.78, 5) is 4.48. The molecule has 0 spiro atoms. The van der Waals surface area contributed by atoms with Crippen LogP contribution in [0, 0.1) is 6.92 Å². The Morgan fingerprint density at radius 1 is 1.29 bits per heavy atom. The molecule has 0 saturated carbocycles. The normalized spacial score (nSPS) is 10.8. The van der Waals surface area contributed by atoms with Gasteiger partial charge in [0.2, 0.25) is 0 Å². The molecule has 1 rings (SSSR count). The van der Waals surface area contributed by atoms with Gasteiger partial charge in [-0.25, -0.2) is 4.98 Å². The third-order valence-electron chi connectivity index (χ3n) is 2.15. The van der Waals surface area contributed by atoms with Crippen molar-refractivity contribution in [3.05, 3.63) is 16.1 Å². The van der Waals surface area contributed by atoms with Gasteiger partial charge in [0.1, 0.15) is 0 Å². The number of nitrogens with zero attached hydrogens (tertiary/aromatic N) is 1. The van der Waals surface area contributed by atoms with Crippen LogP contribution in [-0.4, -0.2) is 18.1 Å². The fourth-order valence-corrected chi connectivity index (χ4v) is 1.98. The van der Waals surface area contributed by atoms with Crippen molar-refractivity contribution in [2.45, 2.75) is 60.8 Å². The Morgan fingerprint density at radius 2 is 1.88 bits per heavy atom. The van der Waals surface area contributed by atoms with Crippen molar-refractivity contribution in [3.8, 4) is 0 Å². The lowest BCUT2D eigenvalue weighted by molar-refractivity contribution is 0.600. The second-order valence-corrected chi connectivity index (χ2v) is 4.40. The van der Waals surface area contributed by atoms with Crippen LogP contribution in [0.15, 0.2) is 5.38 Å². The molecule has 0 amide bonds. The minimum Gasteiger partial charge on any atom is -0.317 e. The molecule has 0 radical (unpaired) electrons. The van der Waals surface area contributed by atoms with Crippen LogP contribution >= 0.6 is 11.3 Å². The van der Waals surface area contributed by atoms with Gasteiger partial charge < -0.3 is 5.32 Å². The van der Waals surface area contributed by atoms with E-state index >= 15 is 0 Å². The third-order valence-corrected chi connectivity index (χ3v) is 2.94. The van der Waals surface area contributed by atoms with Crippen molar-refractivity contribution in [1.82, 2.24) is 10.3 Å². The van der Waals surface area contributed by atoms with Crippen LogP contribution in [0.3, 0.4) is 0 Å². The van der Waals surface area contributed by atoms with Gasteiger partial charge in [0.25, 0.3) is 0 Å². The molecular formula is C14H30N2S. The van der Waals surface area contributed by atoms with Crippen molar-refractivity contribution in [2.75, 3.05) is 13.1 Å². The molecule has 2 nitrogen and oxygen atoms in total. The highest BCUT2D eigenvalue weighted by Crippen LogP contribution is 2.20. The molecular weight excluding hydrogens is 228 g/mol. The zero-order valence-corrected chi connectivity index (χ0v) is 13.4. The molecule has 0 aromatic carbocycles. The van der Waals surface area contributed by atoms with Crippen LogP contribution in [0.2, 0.25) is 0 Å². The molecule has 1 atom stereocenters. The van der Waals surface area contributed by atoms with Crippen LogP contribution in [0.5, 0.6) is 0 Å². The molecule has 0 aliphatic carbocycles. The van der Waals surface area contributed by atoms with E-state index in [1.54, 1.807) is 11.3 Å². The Kier molecular flexibility index (Phi) is 15.2. The highest BCUT2D eigenvalue weighted by atomic mass is 32.1. The predicted octanol–water partition coefficient (Wildman–Crippen LogP) is 4.61. The Morgan fingerprint density at radius 3 is 2.29 bits per heavy atom. The van der Waals surface area contributed by atoms with Crippen LogP contribution in [-0.2, 0) is 0 Å². The maximum Gasteiger partial charge on any atom is 0.0897 e. The summed E-state index contributed by atoms with van der Waals surface area (Å²) >= 11 is 1.74. The van der Waals surface area contributed by atoms with E-state index in [0.29, 0.717) is 5.92 Å². The number of nitrogens with one attached hydrogen (secondary N) is 1. The van der Waals surface area contributed by atoms with Gasteiger partial charge in [-0.3, -0.25) is 0 Å². The number of hydrogen-bond donors (Lipinski definition) is 1. The molecule has 0 fully saturated rings. The van der Waals surface area contributed by atoms with E-state index in [1.165, 1.54) is 17.1 Å². The molecule has 1 aromatic rings. The minimum atomic E-state index is 0.587. The fraction of sp³-hybridized carbons (Fsp3) is 0.786. The fourth-order valence-electron chi connectivity index (χ4n) is 1.25. The van der Waals surface area contributed by atoms with Crippen LogP contribution in [0.4, 0.5) is 0 Å². The van der Waals surface area contributed by atoms with Crippen molar-refractivity contribution >= 4 is 11.3 Å². The lowest BCUT2D eigenvalue weighted by Gasteiger charge is -2.08. The second-order valence-electron chi connectivity index (χ2n) is 3.33. The zero-order valence-electron chi connectivity index (χ0n) is 12.6. The largest absolute Gasteiger partial charge is 0.317 e. The maximum absolute atomic E-state index is 4.48. The van der Waals surface area contributed by atoms with Crippen LogP contribution < -0.4 is 5.32 Å². The molecule has 0 saturated heterocycles. The Bertz CT molecular complexity index is 246. The number of aryl methyl sites for hydroxylation is 1. The summed E-state index contributed by atoms with van der Waals surface area (Å²) < 4.78 is 0. The van der Waals surface area contributed by atoms with Gasteiger partial charge in [0.05, 0.1) is 10.7 Å². The van der Waals surface area contributed by atoms with Gasteiger partial charge in [-0.15, -0.1) is 11.3 Å². The molecule has 1 heterocycles. The van der Waals surface area contributed by atoms with E-state index < -0.39 is 0 Å². The SMILES string of the molecule is CC.CC.CCNCCC(C)c1csc(C)n1. The molecule has 1 N–H and O–H groups in total. The Hall–Kier alpha value is -0.410. The number of hydrogen-bond acceptors (Lipinski definition) is 3. The van der Waals surface area contributed by atoms with Crippen LogP contribution in [0.25, 0.3) is 0 Å². The molecule has 1 aromatic heterocycles. The summed E-state index contributed by atoms with van der Waals surface area (Å²) in [5.74, 6) is 0.587. The molecule has 3 heteroatoms. The van der Waals surface area contributed by atoms with Gasteiger partial charge in [-0.05, 0) is 26.4 Å². The van der Waals surface area contributed by atoms with E-state index in [0.717, 1.165) is 13.1 Å². The van der Waals surface area contributed by atoms with E-state index in [9.17, 15) is 0 Å². The molecule has 0 aliphatic rings. The first-order chi connectivity index (χ1) is 8.24. The predicted molar refractivity (Wildman–Crippen MR) is 81.1 cm³/mol. The van der Waals surface area contributed by atoms with E-state index in [4.69, 9.17) is 0 Å². The topological polar surface area (TPSA) is 24.9 Å². The summed E-state index contributed by atoms with van der Waals surface area (Å²) in [7, 11) is 0. The molecule has 0 aliphatic heterocycles. The number of rotatable bonds is 5. The first-order valence-electron chi connectivity index (χ1n) is 6.86. The first-order valence-corrected chi connectivity index (χ1v) is 7.74. The van der Waals surface area contributed by atoms with E-state index in [-0.39, 0.29) is 0 Å². The van der Waals surface area contributed by atoms with Crippen molar-refractivity contribution < 1.29 is 0 Å². The smallest absolute Gasteiger partial charge is 0.0897 e. The number of thiazole rings is 1. The van der Waals surface area contributed by atoms with Crippen LogP contribution in [0.1, 0.15) is 64.6 Å². The Balaban J connectivity index is 0. The van der Waals surface area contributed by atoms with Gasteiger partial charge in [0, 0.05) is 11.3 Å². The highest BCUT2D eigenvalue weighted by Gasteiger charge is 2.07. The molecule has 102 valence electrons.